The standard InChI is InChI=1S/C16H10Cl2N4O3/c17-9-2-3-11-10(5-9)16(13(23)20-15(25)21-16)14(24)22(11)7-8-1-4-12(18)19-6-8/h1-6H,7H2,(H2,20,21,23,25). The van der Waals surface area contributed by atoms with Crippen LogP contribution in [0.5, 0.6) is 0 Å². The van der Waals surface area contributed by atoms with Gasteiger partial charge >= 0.3 is 6.03 Å². The number of fused-ring (bicyclic) bond motifs is 2. The third kappa shape index (κ3) is 2.27. The zero-order chi connectivity index (χ0) is 17.8. The van der Waals surface area contributed by atoms with Crippen LogP contribution >= 0.6 is 23.2 Å². The lowest BCUT2D eigenvalue weighted by Crippen LogP contribution is -2.52. The van der Waals surface area contributed by atoms with E-state index in [-0.39, 0.29) is 6.54 Å². The molecule has 2 N–H and O–H groups in total. The molecule has 3 heterocycles. The first-order valence-electron chi connectivity index (χ1n) is 7.28. The molecule has 4 rings (SSSR count). The highest BCUT2D eigenvalue weighted by atomic mass is 35.5. The zero-order valence-electron chi connectivity index (χ0n) is 12.5. The van der Waals surface area contributed by atoms with Gasteiger partial charge in [-0.3, -0.25) is 14.9 Å². The molecule has 1 unspecified atom stereocenters. The van der Waals surface area contributed by atoms with Crippen molar-refractivity contribution in [3.63, 3.8) is 0 Å². The summed E-state index contributed by atoms with van der Waals surface area (Å²) in [4.78, 5) is 42.6. The molecule has 2 aliphatic rings. The Bertz CT molecular complexity index is 931. The van der Waals surface area contributed by atoms with Crippen molar-refractivity contribution in [2.45, 2.75) is 12.1 Å². The van der Waals surface area contributed by atoms with Crippen LogP contribution in [0.25, 0.3) is 0 Å². The Morgan fingerprint density at radius 3 is 2.56 bits per heavy atom. The van der Waals surface area contributed by atoms with E-state index >= 15 is 0 Å². The maximum atomic E-state index is 13.1. The number of anilines is 1. The second kappa shape index (κ2) is 5.44. The molecule has 7 nitrogen and oxygen atoms in total. The van der Waals surface area contributed by atoms with Gasteiger partial charge in [0, 0.05) is 16.8 Å². The fourth-order valence-corrected chi connectivity index (χ4v) is 3.39. The predicted molar refractivity (Wildman–Crippen MR) is 90.2 cm³/mol. The van der Waals surface area contributed by atoms with E-state index in [9.17, 15) is 14.4 Å². The van der Waals surface area contributed by atoms with Gasteiger partial charge in [0.25, 0.3) is 11.8 Å². The fourth-order valence-electron chi connectivity index (χ4n) is 3.11. The van der Waals surface area contributed by atoms with Crippen molar-refractivity contribution in [2.75, 3.05) is 4.90 Å². The van der Waals surface area contributed by atoms with Crippen LogP contribution in [0.15, 0.2) is 36.5 Å². The van der Waals surface area contributed by atoms with Crippen molar-refractivity contribution >= 4 is 46.7 Å². The number of halogens is 2. The van der Waals surface area contributed by atoms with E-state index in [4.69, 9.17) is 23.2 Å². The summed E-state index contributed by atoms with van der Waals surface area (Å²) >= 11 is 11.8. The average molecular weight is 377 g/mol. The van der Waals surface area contributed by atoms with Gasteiger partial charge in [-0.15, -0.1) is 0 Å². The van der Waals surface area contributed by atoms with E-state index < -0.39 is 23.4 Å². The van der Waals surface area contributed by atoms with Gasteiger partial charge in [0.1, 0.15) is 5.15 Å². The third-order valence-electron chi connectivity index (χ3n) is 4.22. The van der Waals surface area contributed by atoms with Crippen molar-refractivity contribution in [1.82, 2.24) is 15.6 Å². The molecular weight excluding hydrogens is 367 g/mol. The molecule has 2 aromatic rings. The largest absolute Gasteiger partial charge is 0.323 e. The highest BCUT2D eigenvalue weighted by Gasteiger charge is 2.61. The molecule has 1 fully saturated rings. The van der Waals surface area contributed by atoms with Crippen LogP contribution < -0.4 is 15.5 Å². The van der Waals surface area contributed by atoms with Gasteiger partial charge in [-0.25, -0.2) is 9.78 Å². The number of urea groups is 1. The first-order valence-corrected chi connectivity index (χ1v) is 8.03. The monoisotopic (exact) mass is 376 g/mol. The Morgan fingerprint density at radius 2 is 1.92 bits per heavy atom. The van der Waals surface area contributed by atoms with Crippen LogP contribution in [0.4, 0.5) is 10.5 Å². The maximum absolute atomic E-state index is 13.1. The van der Waals surface area contributed by atoms with E-state index in [1.54, 1.807) is 30.5 Å². The van der Waals surface area contributed by atoms with Crippen molar-refractivity contribution in [3.8, 4) is 0 Å². The van der Waals surface area contributed by atoms with Gasteiger partial charge in [0.15, 0.2) is 0 Å². The molecule has 2 aliphatic heterocycles. The summed E-state index contributed by atoms with van der Waals surface area (Å²) < 4.78 is 0. The van der Waals surface area contributed by atoms with Crippen LogP contribution in [0.1, 0.15) is 11.1 Å². The van der Waals surface area contributed by atoms with E-state index in [0.29, 0.717) is 21.4 Å². The zero-order valence-corrected chi connectivity index (χ0v) is 14.1. The van der Waals surface area contributed by atoms with Crippen LogP contribution in [0, 0.1) is 0 Å². The summed E-state index contributed by atoms with van der Waals surface area (Å²) in [6.07, 6.45) is 1.55. The smallest absolute Gasteiger partial charge is 0.312 e. The molecule has 4 amide bonds. The van der Waals surface area contributed by atoms with E-state index in [2.05, 4.69) is 15.6 Å². The minimum atomic E-state index is -1.79. The summed E-state index contributed by atoms with van der Waals surface area (Å²) in [5, 5.41) is 5.27. The molecule has 0 saturated carbocycles. The van der Waals surface area contributed by atoms with Gasteiger partial charge in [-0.2, -0.15) is 0 Å². The van der Waals surface area contributed by atoms with E-state index in [1.165, 1.54) is 11.0 Å². The van der Waals surface area contributed by atoms with Crippen LogP contribution in [0.2, 0.25) is 10.2 Å². The molecule has 1 saturated heterocycles. The van der Waals surface area contributed by atoms with Crippen molar-refractivity contribution in [3.05, 3.63) is 57.8 Å². The highest BCUT2D eigenvalue weighted by molar-refractivity contribution is 6.32. The molecule has 0 radical (unpaired) electrons. The SMILES string of the molecule is O=C1NC(=O)C2(N1)C(=O)N(Cc1ccc(Cl)nc1)c1ccc(Cl)cc12. The molecule has 1 aromatic heterocycles. The lowest BCUT2D eigenvalue weighted by Gasteiger charge is -2.21. The number of nitrogens with one attached hydrogen (secondary N) is 2. The first kappa shape index (κ1) is 15.9. The number of amides is 4. The molecule has 1 aromatic carbocycles. The van der Waals surface area contributed by atoms with Gasteiger partial charge in [0.05, 0.1) is 12.2 Å². The minimum Gasteiger partial charge on any atom is -0.312 e. The number of nitrogens with zero attached hydrogens (tertiary/aromatic N) is 2. The van der Waals surface area contributed by atoms with Crippen LogP contribution in [0.3, 0.4) is 0 Å². The predicted octanol–water partition coefficient (Wildman–Crippen LogP) is 1.97. The Hall–Kier alpha value is -2.64. The van der Waals surface area contributed by atoms with Crippen molar-refractivity contribution in [2.24, 2.45) is 0 Å². The summed E-state index contributed by atoms with van der Waals surface area (Å²) in [7, 11) is 0. The van der Waals surface area contributed by atoms with E-state index in [1.807, 2.05) is 0 Å². The summed E-state index contributed by atoms with van der Waals surface area (Å²) in [6.45, 7) is 0.169. The number of benzene rings is 1. The van der Waals surface area contributed by atoms with Crippen molar-refractivity contribution in [1.29, 1.82) is 0 Å². The molecule has 0 bridgehead atoms. The van der Waals surface area contributed by atoms with Crippen LogP contribution in [-0.2, 0) is 21.7 Å². The lowest BCUT2D eigenvalue weighted by atomic mass is 9.91. The van der Waals surface area contributed by atoms with Crippen LogP contribution in [-0.4, -0.2) is 22.8 Å². The van der Waals surface area contributed by atoms with Gasteiger partial charge in [-0.1, -0.05) is 29.3 Å². The Labute approximate surface area is 151 Å². The topological polar surface area (TPSA) is 91.4 Å². The molecule has 9 heteroatoms. The van der Waals surface area contributed by atoms with Crippen molar-refractivity contribution < 1.29 is 14.4 Å². The summed E-state index contributed by atoms with van der Waals surface area (Å²) in [5.41, 5.74) is -0.227. The quantitative estimate of drug-likeness (QED) is 0.476. The number of hydrogen-bond donors (Lipinski definition) is 2. The third-order valence-corrected chi connectivity index (χ3v) is 4.68. The summed E-state index contributed by atoms with van der Waals surface area (Å²) in [6, 6.07) is 7.40. The molecule has 0 aliphatic carbocycles. The average Bonchev–Trinajstić information content (AvgIpc) is 2.99. The second-order valence-electron chi connectivity index (χ2n) is 5.70. The number of aromatic nitrogens is 1. The Balaban J connectivity index is 1.82. The molecule has 126 valence electrons. The summed E-state index contributed by atoms with van der Waals surface area (Å²) in [5.74, 6) is -1.27. The number of pyridine rings is 1. The number of carbonyl (C=O) groups excluding carboxylic acids is 3. The Kier molecular flexibility index (Phi) is 3.45. The normalized spacial score (nSPS) is 21.5. The van der Waals surface area contributed by atoms with E-state index in [0.717, 1.165) is 5.56 Å². The number of imide groups is 1. The minimum absolute atomic E-state index is 0.169. The number of hydrogen-bond acceptors (Lipinski definition) is 4. The maximum Gasteiger partial charge on any atom is 0.323 e. The fraction of sp³-hybridized carbons (Fsp3) is 0.125. The molecule has 1 atom stereocenters. The lowest BCUT2D eigenvalue weighted by molar-refractivity contribution is -0.134. The molecule has 25 heavy (non-hydrogen) atoms. The molecular formula is C16H10Cl2N4O3. The molecule has 1 spiro atoms. The van der Waals surface area contributed by atoms with Gasteiger partial charge < -0.3 is 10.2 Å². The van der Waals surface area contributed by atoms with Gasteiger partial charge in [-0.05, 0) is 29.8 Å². The van der Waals surface area contributed by atoms with Gasteiger partial charge in [0.2, 0.25) is 5.54 Å². The number of carbonyl (C=O) groups is 3. The first-order chi connectivity index (χ1) is 11.9. The Morgan fingerprint density at radius 1 is 1.12 bits per heavy atom. The second-order valence-corrected chi connectivity index (χ2v) is 6.52. The highest BCUT2D eigenvalue weighted by Crippen LogP contribution is 2.43. The number of rotatable bonds is 2.